The standard InChI is InChI=1S/C15H16N2O/c1-16(2)14-8-10-17(11-9-14)12-15(18)13-6-4-3-5-7-13/h3-12H,1-2H3/b15-12+. The van der Waals surface area contributed by atoms with Gasteiger partial charge in [0.1, 0.15) is 0 Å². The third-order valence-electron chi connectivity index (χ3n) is 2.68. The molecule has 0 atom stereocenters. The molecule has 92 valence electrons. The largest absolute Gasteiger partial charge is 0.868 e. The zero-order valence-corrected chi connectivity index (χ0v) is 10.6. The molecular weight excluding hydrogens is 224 g/mol. The monoisotopic (exact) mass is 240 g/mol. The van der Waals surface area contributed by atoms with Crippen molar-refractivity contribution in [2.45, 2.75) is 0 Å². The van der Waals surface area contributed by atoms with E-state index in [1.54, 1.807) is 10.8 Å². The summed E-state index contributed by atoms with van der Waals surface area (Å²) in [5, 5.41) is 11.9. The van der Waals surface area contributed by atoms with E-state index in [-0.39, 0.29) is 5.76 Å². The summed E-state index contributed by atoms with van der Waals surface area (Å²) in [6, 6.07) is 13.2. The van der Waals surface area contributed by atoms with Crippen LogP contribution < -0.4 is 14.6 Å². The fraction of sp³-hybridized carbons (Fsp3) is 0.133. The number of anilines is 1. The summed E-state index contributed by atoms with van der Waals surface area (Å²) in [7, 11) is 3.97. The normalized spacial score (nSPS) is 11.3. The lowest BCUT2D eigenvalue weighted by molar-refractivity contribution is -0.569. The van der Waals surface area contributed by atoms with Gasteiger partial charge in [-0.3, -0.25) is 0 Å². The third-order valence-corrected chi connectivity index (χ3v) is 2.68. The Morgan fingerprint density at radius 1 is 1.06 bits per heavy atom. The van der Waals surface area contributed by atoms with Crippen molar-refractivity contribution in [1.29, 1.82) is 0 Å². The average molecular weight is 240 g/mol. The van der Waals surface area contributed by atoms with Crippen LogP contribution in [0.4, 0.5) is 5.69 Å². The van der Waals surface area contributed by atoms with E-state index >= 15 is 0 Å². The van der Waals surface area contributed by atoms with Crippen LogP contribution in [0, 0.1) is 0 Å². The SMILES string of the molecule is CN(C)c1cc[n+](/C=C(/[O-])c2ccccc2)cc1. The maximum Gasteiger partial charge on any atom is 0.176 e. The van der Waals surface area contributed by atoms with E-state index in [1.807, 2.05) is 73.9 Å². The lowest BCUT2D eigenvalue weighted by Crippen LogP contribution is -2.27. The van der Waals surface area contributed by atoms with Crippen molar-refractivity contribution >= 4 is 17.6 Å². The van der Waals surface area contributed by atoms with E-state index in [0.717, 1.165) is 5.69 Å². The minimum Gasteiger partial charge on any atom is -0.868 e. The van der Waals surface area contributed by atoms with E-state index in [1.165, 1.54) is 0 Å². The molecule has 1 aromatic heterocycles. The van der Waals surface area contributed by atoms with Gasteiger partial charge in [-0.05, 0) is 11.3 Å². The molecule has 1 aromatic carbocycles. The van der Waals surface area contributed by atoms with Crippen LogP contribution in [0.5, 0.6) is 0 Å². The van der Waals surface area contributed by atoms with Gasteiger partial charge in [0.15, 0.2) is 18.6 Å². The van der Waals surface area contributed by atoms with Crippen LogP contribution in [0.1, 0.15) is 5.56 Å². The summed E-state index contributed by atoms with van der Waals surface area (Å²) >= 11 is 0. The molecule has 3 heteroatoms. The van der Waals surface area contributed by atoms with Gasteiger partial charge in [-0.25, -0.2) is 0 Å². The molecule has 0 aliphatic rings. The fourth-order valence-electron chi connectivity index (χ4n) is 1.63. The smallest absolute Gasteiger partial charge is 0.176 e. The Morgan fingerprint density at radius 3 is 2.22 bits per heavy atom. The van der Waals surface area contributed by atoms with Crippen LogP contribution in [0.15, 0.2) is 54.9 Å². The molecule has 1 heterocycles. The van der Waals surface area contributed by atoms with Gasteiger partial charge in [-0.15, -0.1) is 0 Å². The summed E-state index contributed by atoms with van der Waals surface area (Å²) in [5.74, 6) is -0.00166. The predicted octanol–water partition coefficient (Wildman–Crippen LogP) is 1.36. The van der Waals surface area contributed by atoms with Crippen LogP contribution in [-0.2, 0) is 0 Å². The van der Waals surface area contributed by atoms with Crippen molar-refractivity contribution < 1.29 is 9.67 Å². The number of rotatable bonds is 3. The summed E-state index contributed by atoms with van der Waals surface area (Å²) in [5.41, 5.74) is 1.80. The minimum absolute atomic E-state index is 0.00166. The Kier molecular flexibility index (Phi) is 3.63. The Morgan fingerprint density at radius 2 is 1.67 bits per heavy atom. The van der Waals surface area contributed by atoms with Gasteiger partial charge in [0.25, 0.3) is 0 Å². The van der Waals surface area contributed by atoms with Crippen LogP contribution in [-0.4, -0.2) is 14.1 Å². The Bertz CT molecular complexity index is 530. The van der Waals surface area contributed by atoms with Crippen molar-refractivity contribution in [2.24, 2.45) is 0 Å². The number of hydrogen-bond acceptors (Lipinski definition) is 2. The Hall–Kier alpha value is -2.29. The molecule has 0 saturated heterocycles. The number of pyridine rings is 1. The van der Waals surface area contributed by atoms with Gasteiger partial charge in [-0.1, -0.05) is 30.3 Å². The molecule has 0 unspecified atom stereocenters. The van der Waals surface area contributed by atoms with E-state index < -0.39 is 0 Å². The van der Waals surface area contributed by atoms with E-state index in [2.05, 4.69) is 0 Å². The molecule has 0 bridgehead atoms. The molecule has 0 fully saturated rings. The molecule has 18 heavy (non-hydrogen) atoms. The van der Waals surface area contributed by atoms with E-state index in [9.17, 15) is 5.11 Å². The molecule has 0 saturated carbocycles. The van der Waals surface area contributed by atoms with Crippen molar-refractivity contribution in [2.75, 3.05) is 19.0 Å². The fourth-order valence-corrected chi connectivity index (χ4v) is 1.63. The molecular formula is C15H16N2O. The lowest BCUT2D eigenvalue weighted by Gasteiger charge is -2.11. The maximum atomic E-state index is 11.9. The maximum absolute atomic E-state index is 11.9. The predicted molar refractivity (Wildman–Crippen MR) is 71.6 cm³/mol. The number of hydrogen-bond donors (Lipinski definition) is 0. The highest BCUT2D eigenvalue weighted by atomic mass is 16.3. The van der Waals surface area contributed by atoms with Gasteiger partial charge in [-0.2, -0.15) is 4.57 Å². The topological polar surface area (TPSA) is 30.2 Å². The summed E-state index contributed by atoms with van der Waals surface area (Å²) in [6.07, 6.45) is 5.32. The van der Waals surface area contributed by atoms with E-state index in [0.29, 0.717) is 5.56 Å². The molecule has 3 nitrogen and oxygen atoms in total. The Labute approximate surface area is 107 Å². The zero-order chi connectivity index (χ0) is 13.0. The highest BCUT2D eigenvalue weighted by Gasteiger charge is 1.99. The molecule has 0 aliphatic carbocycles. The second-order valence-electron chi connectivity index (χ2n) is 4.26. The quantitative estimate of drug-likeness (QED) is 0.599. The van der Waals surface area contributed by atoms with Gasteiger partial charge in [0.05, 0.1) is 0 Å². The highest BCUT2D eigenvalue weighted by Crippen LogP contribution is 2.08. The van der Waals surface area contributed by atoms with Crippen molar-refractivity contribution in [3.8, 4) is 0 Å². The van der Waals surface area contributed by atoms with Gasteiger partial charge in [0, 0.05) is 31.9 Å². The first-order valence-corrected chi connectivity index (χ1v) is 5.79. The lowest BCUT2D eigenvalue weighted by atomic mass is 10.2. The third kappa shape index (κ3) is 2.88. The number of aromatic nitrogens is 1. The van der Waals surface area contributed by atoms with Crippen molar-refractivity contribution in [1.82, 2.24) is 0 Å². The zero-order valence-electron chi connectivity index (χ0n) is 10.6. The van der Waals surface area contributed by atoms with Crippen molar-refractivity contribution in [3.63, 3.8) is 0 Å². The van der Waals surface area contributed by atoms with Gasteiger partial charge in [0.2, 0.25) is 0 Å². The van der Waals surface area contributed by atoms with Crippen LogP contribution in [0.2, 0.25) is 0 Å². The summed E-state index contributed by atoms with van der Waals surface area (Å²) in [6.45, 7) is 0. The molecule has 0 amide bonds. The van der Waals surface area contributed by atoms with Gasteiger partial charge < -0.3 is 10.0 Å². The Balaban J connectivity index is 2.23. The molecule has 0 aliphatic heterocycles. The molecule has 2 rings (SSSR count). The number of benzene rings is 1. The molecule has 0 radical (unpaired) electrons. The van der Waals surface area contributed by atoms with Crippen LogP contribution in [0.3, 0.4) is 0 Å². The molecule has 0 spiro atoms. The molecule has 2 aromatic rings. The van der Waals surface area contributed by atoms with Crippen LogP contribution in [0.25, 0.3) is 12.0 Å². The van der Waals surface area contributed by atoms with Crippen LogP contribution >= 0.6 is 0 Å². The first-order valence-electron chi connectivity index (χ1n) is 5.79. The van der Waals surface area contributed by atoms with Crippen molar-refractivity contribution in [3.05, 3.63) is 60.4 Å². The first kappa shape index (κ1) is 12.2. The summed E-state index contributed by atoms with van der Waals surface area (Å²) < 4.78 is 1.77. The summed E-state index contributed by atoms with van der Waals surface area (Å²) in [4.78, 5) is 2.02. The number of nitrogens with zero attached hydrogens (tertiary/aromatic N) is 2. The minimum atomic E-state index is -0.00166. The average Bonchev–Trinajstić information content (AvgIpc) is 2.40. The molecule has 0 N–H and O–H groups in total. The van der Waals surface area contributed by atoms with E-state index in [4.69, 9.17) is 0 Å². The highest BCUT2D eigenvalue weighted by molar-refractivity contribution is 5.64. The second kappa shape index (κ2) is 5.36. The second-order valence-corrected chi connectivity index (χ2v) is 4.26. The first-order chi connectivity index (χ1) is 8.66. The van der Waals surface area contributed by atoms with Gasteiger partial charge >= 0.3 is 0 Å².